The fourth-order valence-corrected chi connectivity index (χ4v) is 4.00. The third kappa shape index (κ3) is 3.40. The number of amides is 1. The Kier molecular flexibility index (Phi) is 4.63. The first-order valence-electron chi connectivity index (χ1n) is 7.08. The molecule has 2 atom stereocenters. The van der Waals surface area contributed by atoms with Crippen molar-refractivity contribution < 1.29 is 13.2 Å². The second-order valence-electron chi connectivity index (χ2n) is 5.78. The molecule has 1 aromatic rings. The molecular formula is C15H20ClNO3S. The van der Waals surface area contributed by atoms with Crippen molar-refractivity contribution in [1.29, 1.82) is 0 Å². The molecule has 1 fully saturated rings. The summed E-state index contributed by atoms with van der Waals surface area (Å²) >= 11 is 0. The van der Waals surface area contributed by atoms with Gasteiger partial charge < -0.3 is 4.90 Å². The van der Waals surface area contributed by atoms with E-state index in [9.17, 15) is 13.2 Å². The van der Waals surface area contributed by atoms with E-state index in [1.165, 1.54) is 6.07 Å². The zero-order valence-electron chi connectivity index (χ0n) is 12.5. The molecule has 1 aliphatic heterocycles. The Balaban J connectivity index is 2.36. The fourth-order valence-electron chi connectivity index (χ4n) is 2.78. The number of piperidine rings is 1. The maximum Gasteiger partial charge on any atom is 0.261 e. The van der Waals surface area contributed by atoms with Gasteiger partial charge in [0.15, 0.2) is 0 Å². The summed E-state index contributed by atoms with van der Waals surface area (Å²) in [5.74, 6) is 0.319. The molecule has 2 unspecified atom stereocenters. The van der Waals surface area contributed by atoms with Crippen LogP contribution < -0.4 is 0 Å². The summed E-state index contributed by atoms with van der Waals surface area (Å²) in [5.41, 5.74) is 0.919. The van der Waals surface area contributed by atoms with Gasteiger partial charge in [0.25, 0.3) is 15.0 Å². The number of hydrogen-bond acceptors (Lipinski definition) is 3. The molecule has 1 aromatic carbocycles. The summed E-state index contributed by atoms with van der Waals surface area (Å²) in [5, 5.41) is 0. The zero-order chi connectivity index (χ0) is 15.8. The number of carbonyl (C=O) groups excluding carboxylic acids is 1. The number of likely N-dealkylation sites (tertiary alicyclic amines) is 1. The predicted molar refractivity (Wildman–Crippen MR) is 83.1 cm³/mol. The van der Waals surface area contributed by atoms with Crippen LogP contribution in [0.4, 0.5) is 0 Å². The van der Waals surface area contributed by atoms with Crippen molar-refractivity contribution in [2.75, 3.05) is 6.54 Å². The summed E-state index contributed by atoms with van der Waals surface area (Å²) in [6, 6.07) is 4.82. The van der Waals surface area contributed by atoms with Crippen LogP contribution in [0.15, 0.2) is 23.1 Å². The Bertz CT molecular complexity index is 657. The molecule has 1 amide bonds. The lowest BCUT2D eigenvalue weighted by Gasteiger charge is -2.38. The van der Waals surface area contributed by atoms with Crippen LogP contribution in [-0.4, -0.2) is 31.8 Å². The van der Waals surface area contributed by atoms with Gasteiger partial charge in [0.2, 0.25) is 0 Å². The van der Waals surface area contributed by atoms with Crippen molar-refractivity contribution in [2.45, 2.75) is 44.6 Å². The van der Waals surface area contributed by atoms with Gasteiger partial charge in [-0.25, -0.2) is 8.42 Å². The second-order valence-corrected chi connectivity index (χ2v) is 8.31. The average Bonchev–Trinajstić information content (AvgIpc) is 2.40. The third-order valence-electron chi connectivity index (χ3n) is 4.33. The van der Waals surface area contributed by atoms with Gasteiger partial charge >= 0.3 is 0 Å². The Hall–Kier alpha value is -1.07. The van der Waals surface area contributed by atoms with Gasteiger partial charge in [0, 0.05) is 28.8 Å². The van der Waals surface area contributed by atoms with Crippen LogP contribution in [-0.2, 0) is 9.05 Å². The molecule has 21 heavy (non-hydrogen) atoms. The highest BCUT2D eigenvalue weighted by atomic mass is 35.7. The molecule has 1 heterocycles. The maximum atomic E-state index is 12.6. The van der Waals surface area contributed by atoms with E-state index < -0.39 is 9.05 Å². The molecule has 0 saturated carbocycles. The number of aryl methyl sites for hydroxylation is 1. The van der Waals surface area contributed by atoms with Crippen LogP contribution in [0.3, 0.4) is 0 Å². The number of halogens is 1. The summed E-state index contributed by atoms with van der Waals surface area (Å²) in [6.45, 7) is 6.54. The van der Waals surface area contributed by atoms with Gasteiger partial charge in [-0.05, 0) is 50.3 Å². The lowest BCUT2D eigenvalue weighted by atomic mass is 9.91. The molecule has 4 nitrogen and oxygen atoms in total. The van der Waals surface area contributed by atoms with Gasteiger partial charge in [0.1, 0.15) is 0 Å². The molecular weight excluding hydrogens is 310 g/mol. The predicted octanol–water partition coefficient (Wildman–Crippen LogP) is 3.18. The van der Waals surface area contributed by atoms with Crippen LogP contribution >= 0.6 is 10.7 Å². The molecule has 0 spiro atoms. The molecule has 0 bridgehead atoms. The zero-order valence-corrected chi connectivity index (χ0v) is 14.0. The van der Waals surface area contributed by atoms with Crippen molar-refractivity contribution in [3.8, 4) is 0 Å². The van der Waals surface area contributed by atoms with E-state index in [0.717, 1.165) is 12.8 Å². The smallest absolute Gasteiger partial charge is 0.261 e. The minimum Gasteiger partial charge on any atom is -0.336 e. The van der Waals surface area contributed by atoms with Crippen LogP contribution in [0, 0.1) is 12.8 Å². The SMILES string of the molecule is Cc1ccc(C(=O)N2CCCC(C)C2C)cc1S(=O)(=O)Cl. The van der Waals surface area contributed by atoms with E-state index in [2.05, 4.69) is 6.92 Å². The van der Waals surface area contributed by atoms with E-state index in [-0.39, 0.29) is 16.8 Å². The first-order chi connectivity index (χ1) is 9.71. The number of carbonyl (C=O) groups is 1. The van der Waals surface area contributed by atoms with Crippen molar-refractivity contribution in [3.63, 3.8) is 0 Å². The molecule has 2 rings (SSSR count). The topological polar surface area (TPSA) is 54.5 Å². The molecule has 1 saturated heterocycles. The summed E-state index contributed by atoms with van der Waals surface area (Å²) in [4.78, 5) is 14.5. The highest BCUT2D eigenvalue weighted by molar-refractivity contribution is 8.13. The molecule has 116 valence electrons. The fraction of sp³-hybridized carbons (Fsp3) is 0.533. The summed E-state index contributed by atoms with van der Waals surface area (Å²) in [7, 11) is 1.58. The van der Waals surface area contributed by atoms with E-state index in [1.807, 2.05) is 11.8 Å². The van der Waals surface area contributed by atoms with Crippen molar-refractivity contribution in [1.82, 2.24) is 4.90 Å². The van der Waals surface area contributed by atoms with Crippen molar-refractivity contribution >= 4 is 25.6 Å². The molecule has 0 radical (unpaired) electrons. The van der Waals surface area contributed by atoms with E-state index in [4.69, 9.17) is 10.7 Å². The molecule has 1 aliphatic rings. The van der Waals surface area contributed by atoms with E-state index >= 15 is 0 Å². The van der Waals surface area contributed by atoms with Crippen LogP contribution in [0.5, 0.6) is 0 Å². The second kappa shape index (κ2) is 5.97. The minimum absolute atomic E-state index is 0.00716. The first-order valence-corrected chi connectivity index (χ1v) is 9.39. The van der Waals surface area contributed by atoms with Gasteiger partial charge in [-0.15, -0.1) is 0 Å². The van der Waals surface area contributed by atoms with Gasteiger partial charge in [0.05, 0.1) is 4.90 Å². The van der Waals surface area contributed by atoms with E-state index in [1.54, 1.807) is 19.1 Å². The van der Waals surface area contributed by atoms with Crippen LogP contribution in [0.2, 0.25) is 0 Å². The molecule has 6 heteroatoms. The lowest BCUT2D eigenvalue weighted by Crippen LogP contribution is -2.46. The first kappa shape index (κ1) is 16.3. The van der Waals surface area contributed by atoms with Gasteiger partial charge in [-0.2, -0.15) is 0 Å². The summed E-state index contributed by atoms with van der Waals surface area (Å²) in [6.07, 6.45) is 2.09. The van der Waals surface area contributed by atoms with Crippen molar-refractivity contribution in [2.24, 2.45) is 5.92 Å². The monoisotopic (exact) mass is 329 g/mol. The normalized spacial score (nSPS) is 23.1. The highest BCUT2D eigenvalue weighted by Gasteiger charge is 2.29. The van der Waals surface area contributed by atoms with Gasteiger partial charge in [-0.1, -0.05) is 13.0 Å². The van der Waals surface area contributed by atoms with Crippen LogP contribution in [0.25, 0.3) is 0 Å². The largest absolute Gasteiger partial charge is 0.336 e. The average molecular weight is 330 g/mol. The summed E-state index contributed by atoms with van der Waals surface area (Å²) < 4.78 is 23.1. The Morgan fingerprint density at radius 1 is 1.33 bits per heavy atom. The quantitative estimate of drug-likeness (QED) is 0.783. The maximum absolute atomic E-state index is 12.6. The lowest BCUT2D eigenvalue weighted by molar-refractivity contribution is 0.0551. The number of hydrogen-bond donors (Lipinski definition) is 0. The number of nitrogens with zero attached hydrogens (tertiary/aromatic N) is 1. The molecule has 0 aromatic heterocycles. The minimum atomic E-state index is -3.84. The van der Waals surface area contributed by atoms with E-state index in [0.29, 0.717) is 23.6 Å². The standard InChI is InChI=1S/C15H20ClNO3S/c1-10-5-4-8-17(12(10)3)15(18)13-7-6-11(2)14(9-13)21(16,19)20/h6-7,9-10,12H,4-5,8H2,1-3H3. The molecule has 0 N–H and O–H groups in total. The van der Waals surface area contributed by atoms with Crippen LogP contribution in [0.1, 0.15) is 42.6 Å². The highest BCUT2D eigenvalue weighted by Crippen LogP contribution is 2.26. The number of rotatable bonds is 2. The third-order valence-corrected chi connectivity index (χ3v) is 5.80. The Labute approximate surface area is 130 Å². The van der Waals surface area contributed by atoms with Crippen molar-refractivity contribution in [3.05, 3.63) is 29.3 Å². The number of benzene rings is 1. The molecule has 0 aliphatic carbocycles. The Morgan fingerprint density at radius 2 is 2.00 bits per heavy atom. The Morgan fingerprint density at radius 3 is 2.62 bits per heavy atom. The van der Waals surface area contributed by atoms with Gasteiger partial charge in [-0.3, -0.25) is 4.79 Å².